The van der Waals surface area contributed by atoms with Crippen LogP contribution in [0.4, 0.5) is 18.9 Å². The number of phenolic OH excluding ortho intramolecular Hbond substituents is 2. The van der Waals surface area contributed by atoms with E-state index in [2.05, 4.69) is 5.32 Å². The van der Waals surface area contributed by atoms with Crippen molar-refractivity contribution in [2.24, 2.45) is 0 Å². The lowest BCUT2D eigenvalue weighted by Gasteiger charge is -2.53. The second-order valence-electron chi connectivity index (χ2n) is 13.6. The highest BCUT2D eigenvalue weighted by Crippen LogP contribution is 2.57. The molecule has 1 heterocycles. The number of aromatic hydroxyl groups is 2. The van der Waals surface area contributed by atoms with Crippen LogP contribution in [0.15, 0.2) is 17.8 Å². The minimum Gasteiger partial charge on any atom is -0.507 e. The van der Waals surface area contributed by atoms with Gasteiger partial charge in [-0.25, -0.2) is 9.59 Å². The molecule has 1 saturated heterocycles. The Morgan fingerprint density at radius 1 is 0.966 bits per heavy atom. The van der Waals surface area contributed by atoms with Crippen molar-refractivity contribution in [2.45, 2.75) is 74.4 Å². The third-order valence-corrected chi connectivity index (χ3v) is 10.7. The molecule has 2 aromatic carbocycles. The molecule has 0 amide bonds. The molecule has 9 N–H and O–H groups in total. The Balaban J connectivity index is 0.000000839. The van der Waals surface area contributed by atoms with Crippen LogP contribution in [0.3, 0.4) is 0 Å². The molecule has 2 aromatic rings. The van der Waals surface area contributed by atoms with Gasteiger partial charge in [0.05, 0.1) is 36.1 Å². The number of ether oxygens (including phenoxy) is 5. The number of allylic oxidation sites excluding steroid dienone is 2. The number of nitrogen functional groups attached to an aromatic ring is 1. The number of alkyl halides is 3. The zero-order valence-electron chi connectivity index (χ0n) is 31.2. The normalized spacial score (nSPS) is 28.9. The number of anilines is 1. The lowest BCUT2D eigenvalue weighted by Crippen LogP contribution is -2.73. The number of hydrogen-bond donors (Lipinski definition) is 8. The molecule has 0 bridgehead atoms. The smallest absolute Gasteiger partial charge is 0.490 e. The van der Waals surface area contributed by atoms with Crippen LogP contribution in [0.1, 0.15) is 75.4 Å². The number of halogens is 3. The van der Waals surface area contributed by atoms with Crippen LogP contribution < -0.4 is 11.1 Å². The number of benzene rings is 2. The predicted molar refractivity (Wildman–Crippen MR) is 184 cm³/mol. The summed E-state index contributed by atoms with van der Waals surface area (Å²) in [5.74, 6) is -10.7. The summed E-state index contributed by atoms with van der Waals surface area (Å²) in [6, 6.07) is 0.821. The highest BCUT2D eigenvalue weighted by molar-refractivity contribution is 6.31. The zero-order chi connectivity index (χ0) is 43.7. The number of fused-ring (bicyclic) bond motifs is 5. The molecule has 0 saturated carbocycles. The molecule has 6 rings (SSSR count). The maximum atomic E-state index is 14.7. The number of ketones is 4. The highest BCUT2D eigenvalue weighted by Gasteiger charge is 2.73. The number of nitrogens with two attached hydrogens (primary N) is 1. The van der Waals surface area contributed by atoms with E-state index in [4.69, 9.17) is 39.3 Å². The molecule has 1 fully saturated rings. The topological polar surface area (TPSA) is 308 Å². The van der Waals surface area contributed by atoms with Crippen LogP contribution in [-0.4, -0.2) is 143 Å². The third kappa shape index (κ3) is 6.10. The first kappa shape index (κ1) is 43.6. The molecule has 8 atom stereocenters. The van der Waals surface area contributed by atoms with E-state index >= 15 is 0 Å². The first-order valence-electron chi connectivity index (χ1n) is 16.9. The van der Waals surface area contributed by atoms with E-state index in [1.165, 1.54) is 21.1 Å². The molecule has 1 aliphatic heterocycles. The molecule has 4 aliphatic rings. The largest absolute Gasteiger partial charge is 0.507 e. The van der Waals surface area contributed by atoms with Gasteiger partial charge in [0, 0.05) is 56.2 Å². The number of hydrogen-bond acceptors (Lipinski definition) is 18. The van der Waals surface area contributed by atoms with Crippen LogP contribution in [0.25, 0.3) is 0 Å². The molecule has 0 aromatic heterocycles. The van der Waals surface area contributed by atoms with Gasteiger partial charge in [-0.2, -0.15) is 13.2 Å². The Morgan fingerprint density at radius 3 is 2.07 bits per heavy atom. The standard InChI is InChI=1S/C34H36N2O15.C2HF3O2/c1-10-18(32(45)49-5)25(41)21-14(22(10)35)8-17(38)34(50-6)30(44)20-13(29(43)33(21,34)46)7-12-19(24(20)40)16(37)9-15(23(12)39)36-31-28(48-4)26(42)27(47-3)11(2)51-31;3-2(4,5)1(6)7/h7,9,11,17,26-28,31,36,38,40-42,46H,8,35H2,1-6H3;(H,6,7)/t11-,17+,26+,27-,28+,31-,33-,34+;/m0./s1. The summed E-state index contributed by atoms with van der Waals surface area (Å²) in [5.41, 5.74) is -4.89. The number of Topliss-reactive ketones (excluding diaryl/α,β-unsaturated/α-hetero) is 3. The molecule has 0 spiro atoms. The predicted octanol–water partition coefficient (Wildman–Crippen LogP) is -0.0345. The fourth-order valence-corrected chi connectivity index (χ4v) is 7.93. The number of carbonyl (C=O) groups excluding carboxylic acids is 5. The molecule has 58 heavy (non-hydrogen) atoms. The van der Waals surface area contributed by atoms with Gasteiger partial charge < -0.3 is 65.4 Å². The number of nitrogens with one attached hydrogen (secondary N) is 1. The van der Waals surface area contributed by atoms with Crippen molar-refractivity contribution in [3.05, 3.63) is 62.3 Å². The number of methoxy groups -OCH3 is 4. The van der Waals surface area contributed by atoms with Crippen molar-refractivity contribution in [2.75, 3.05) is 34.2 Å². The number of carbonyl (C=O) groups is 6. The minimum absolute atomic E-state index is 0.00578. The number of phenols is 2. The van der Waals surface area contributed by atoms with Crippen LogP contribution in [-0.2, 0) is 40.5 Å². The van der Waals surface area contributed by atoms with Gasteiger partial charge in [-0.05, 0) is 31.0 Å². The van der Waals surface area contributed by atoms with Crippen LogP contribution >= 0.6 is 0 Å². The second-order valence-corrected chi connectivity index (χ2v) is 13.6. The van der Waals surface area contributed by atoms with Gasteiger partial charge in [0.15, 0.2) is 23.2 Å². The van der Waals surface area contributed by atoms with Gasteiger partial charge >= 0.3 is 18.1 Å². The van der Waals surface area contributed by atoms with E-state index in [-0.39, 0.29) is 16.8 Å². The highest BCUT2D eigenvalue weighted by atomic mass is 19.4. The average Bonchev–Trinajstić information content (AvgIpc) is 3.14. The second kappa shape index (κ2) is 15.0. The molecule has 22 heteroatoms. The number of esters is 1. The number of aliphatic hydroxyl groups is 3. The molecule has 19 nitrogen and oxygen atoms in total. The number of carboxylic acid groups (broad SMARTS) is 1. The Hall–Kier alpha value is -5.49. The summed E-state index contributed by atoms with van der Waals surface area (Å²) in [6.45, 7) is 2.96. The third-order valence-electron chi connectivity index (χ3n) is 10.7. The van der Waals surface area contributed by atoms with Crippen LogP contribution in [0.2, 0.25) is 0 Å². The van der Waals surface area contributed by atoms with Crippen molar-refractivity contribution < 1.29 is 96.3 Å². The van der Waals surface area contributed by atoms with E-state index in [1.54, 1.807) is 6.92 Å². The summed E-state index contributed by atoms with van der Waals surface area (Å²) in [7, 11) is 4.55. The van der Waals surface area contributed by atoms with E-state index in [0.29, 0.717) is 0 Å². The van der Waals surface area contributed by atoms with Crippen molar-refractivity contribution in [3.8, 4) is 11.5 Å². The molecule has 3 aliphatic carbocycles. The van der Waals surface area contributed by atoms with E-state index in [0.717, 1.165) is 26.4 Å². The first-order chi connectivity index (χ1) is 26.9. The lowest BCUT2D eigenvalue weighted by molar-refractivity contribution is -0.236. The fourth-order valence-electron chi connectivity index (χ4n) is 7.93. The van der Waals surface area contributed by atoms with Gasteiger partial charge in [0.25, 0.3) is 0 Å². The number of aliphatic hydroxyl groups excluding tert-OH is 2. The summed E-state index contributed by atoms with van der Waals surface area (Å²) in [5, 5.41) is 67.6. The van der Waals surface area contributed by atoms with Gasteiger partial charge in [0.1, 0.15) is 35.4 Å². The van der Waals surface area contributed by atoms with Gasteiger partial charge in [-0.1, -0.05) is 0 Å². The van der Waals surface area contributed by atoms with Crippen molar-refractivity contribution >= 4 is 40.8 Å². The van der Waals surface area contributed by atoms with E-state index in [1.807, 2.05) is 0 Å². The molecular formula is C36H37F3N2O17. The van der Waals surface area contributed by atoms with Gasteiger partial charge in [-0.15, -0.1) is 0 Å². The molecule has 0 unspecified atom stereocenters. The molecular weight excluding hydrogens is 789 g/mol. The maximum absolute atomic E-state index is 14.7. The Kier molecular flexibility index (Phi) is 11.3. The number of carboxylic acids is 1. The maximum Gasteiger partial charge on any atom is 0.490 e. The van der Waals surface area contributed by atoms with Crippen molar-refractivity contribution in [3.63, 3.8) is 0 Å². The first-order valence-corrected chi connectivity index (χ1v) is 16.9. The summed E-state index contributed by atoms with van der Waals surface area (Å²) in [6.07, 6.45) is -11.9. The summed E-state index contributed by atoms with van der Waals surface area (Å²) >= 11 is 0. The minimum atomic E-state index is -5.08. The fraction of sp³-hybridized carbons (Fsp3) is 0.444. The Bertz CT molecular complexity index is 2190. The lowest BCUT2D eigenvalue weighted by atomic mass is 9.56. The Labute approximate surface area is 324 Å². The summed E-state index contributed by atoms with van der Waals surface area (Å²) < 4.78 is 58.5. The van der Waals surface area contributed by atoms with Crippen molar-refractivity contribution in [1.29, 1.82) is 0 Å². The van der Waals surface area contributed by atoms with Crippen LogP contribution in [0.5, 0.6) is 11.5 Å². The summed E-state index contributed by atoms with van der Waals surface area (Å²) in [4.78, 5) is 78.3. The van der Waals surface area contributed by atoms with E-state index < -0.39 is 146 Å². The monoisotopic (exact) mass is 826 g/mol. The quantitative estimate of drug-likeness (QED) is 0.108. The number of aliphatic carboxylic acids is 1. The van der Waals surface area contributed by atoms with Crippen molar-refractivity contribution in [1.82, 2.24) is 5.32 Å². The van der Waals surface area contributed by atoms with Crippen LogP contribution in [0, 0.1) is 6.92 Å². The zero-order valence-corrected chi connectivity index (χ0v) is 31.2. The SMILES string of the molecule is COC(=O)c1c(C)c(N)c2c(c1O)[C@]1(O)C(=O)c3cc4c(c(O)c3C(=O)[C@]1(OC)[C@H](O)C2)C(=O)C=C(N[C@H]1O[C@@H](C)[C@H](OC)[C@@H](O)[C@H]1OC)C4=O.O=C(O)C(F)(F)F. The average molecular weight is 827 g/mol. The molecule has 0 radical (unpaired) electrons. The number of rotatable bonds is 6. The Morgan fingerprint density at radius 2 is 1.55 bits per heavy atom. The van der Waals surface area contributed by atoms with E-state index in [9.17, 15) is 62.7 Å². The van der Waals surface area contributed by atoms with Gasteiger partial charge in [0.2, 0.25) is 17.3 Å². The van der Waals surface area contributed by atoms with Gasteiger partial charge in [-0.3, -0.25) is 19.2 Å². The molecule has 314 valence electrons.